The molecule has 0 spiro atoms. The van der Waals surface area contributed by atoms with Gasteiger partial charge in [0.1, 0.15) is 5.75 Å². The van der Waals surface area contributed by atoms with E-state index in [0.717, 1.165) is 30.7 Å². The molecule has 1 N–H and O–H groups in total. The summed E-state index contributed by atoms with van der Waals surface area (Å²) in [5.41, 5.74) is 3.74. The van der Waals surface area contributed by atoms with Gasteiger partial charge in [0.2, 0.25) is 0 Å². The molecule has 0 aliphatic rings. The maximum Gasteiger partial charge on any atom is 0.142 e. The predicted molar refractivity (Wildman–Crippen MR) is 86.7 cm³/mol. The molecule has 1 aromatic heterocycles. The van der Waals surface area contributed by atoms with Crippen LogP contribution in [0.5, 0.6) is 5.75 Å². The van der Waals surface area contributed by atoms with Gasteiger partial charge in [0, 0.05) is 11.8 Å². The first-order valence-electron chi connectivity index (χ1n) is 7.60. The van der Waals surface area contributed by atoms with Crippen molar-refractivity contribution in [1.29, 1.82) is 0 Å². The first-order valence-corrected chi connectivity index (χ1v) is 7.60. The normalized spacial score (nSPS) is 12.1. The van der Waals surface area contributed by atoms with Gasteiger partial charge < -0.3 is 10.1 Å². The minimum absolute atomic E-state index is 0.133. The topological polar surface area (TPSA) is 34.2 Å². The summed E-state index contributed by atoms with van der Waals surface area (Å²) in [5, 5.41) is 3.61. The quantitative estimate of drug-likeness (QED) is 0.841. The summed E-state index contributed by atoms with van der Waals surface area (Å²) >= 11 is 0. The van der Waals surface area contributed by atoms with Crippen molar-refractivity contribution in [2.45, 2.75) is 32.7 Å². The second kappa shape index (κ2) is 7.79. The summed E-state index contributed by atoms with van der Waals surface area (Å²) in [6, 6.07) is 11.0. The fraction of sp³-hybridized carbons (Fsp3) is 0.389. The number of pyridine rings is 1. The molecular weight excluding hydrogens is 260 g/mol. The van der Waals surface area contributed by atoms with Crippen LogP contribution >= 0.6 is 0 Å². The van der Waals surface area contributed by atoms with E-state index in [1.807, 2.05) is 12.3 Å². The summed E-state index contributed by atoms with van der Waals surface area (Å²) in [6.07, 6.45) is 5.75. The van der Waals surface area contributed by atoms with E-state index in [-0.39, 0.29) is 6.04 Å². The molecule has 0 bridgehead atoms. The number of hydrogen-bond acceptors (Lipinski definition) is 3. The highest BCUT2D eigenvalue weighted by Crippen LogP contribution is 2.29. The number of nitrogens with one attached hydrogen (secondary N) is 1. The maximum atomic E-state index is 5.47. The van der Waals surface area contributed by atoms with Crippen molar-refractivity contribution < 1.29 is 4.74 Å². The molecular formula is C18H24N2O. The number of methoxy groups -OCH3 is 1. The molecule has 21 heavy (non-hydrogen) atoms. The molecule has 1 unspecified atom stereocenters. The van der Waals surface area contributed by atoms with Crippen molar-refractivity contribution in [2.75, 3.05) is 13.7 Å². The first kappa shape index (κ1) is 15.5. The molecule has 1 heterocycles. The Morgan fingerprint density at radius 3 is 2.52 bits per heavy atom. The lowest BCUT2D eigenvalue weighted by Crippen LogP contribution is -2.23. The van der Waals surface area contributed by atoms with Gasteiger partial charge in [0.15, 0.2) is 0 Å². The molecule has 1 atom stereocenters. The molecule has 0 aliphatic heterocycles. The van der Waals surface area contributed by atoms with E-state index in [1.165, 1.54) is 11.1 Å². The van der Waals surface area contributed by atoms with E-state index in [2.05, 4.69) is 48.4 Å². The average molecular weight is 284 g/mol. The van der Waals surface area contributed by atoms with Crippen LogP contribution in [0.2, 0.25) is 0 Å². The highest BCUT2D eigenvalue weighted by atomic mass is 16.5. The summed E-state index contributed by atoms with van der Waals surface area (Å²) in [7, 11) is 1.69. The van der Waals surface area contributed by atoms with E-state index in [9.17, 15) is 0 Å². The minimum atomic E-state index is 0.133. The Hall–Kier alpha value is -1.87. The summed E-state index contributed by atoms with van der Waals surface area (Å²) < 4.78 is 5.47. The van der Waals surface area contributed by atoms with Gasteiger partial charge in [-0.15, -0.1) is 0 Å². The zero-order valence-electron chi connectivity index (χ0n) is 13.1. The number of aryl methyl sites for hydroxylation is 1. The Morgan fingerprint density at radius 1 is 1.14 bits per heavy atom. The van der Waals surface area contributed by atoms with Crippen molar-refractivity contribution in [3.63, 3.8) is 0 Å². The molecule has 3 heteroatoms. The molecule has 0 saturated heterocycles. The third kappa shape index (κ3) is 3.82. The Labute approximate surface area is 127 Å². The fourth-order valence-corrected chi connectivity index (χ4v) is 2.44. The maximum absolute atomic E-state index is 5.47. The van der Waals surface area contributed by atoms with E-state index in [4.69, 9.17) is 4.74 Å². The molecule has 0 aliphatic carbocycles. The van der Waals surface area contributed by atoms with Gasteiger partial charge in [-0.2, -0.15) is 0 Å². The fourth-order valence-electron chi connectivity index (χ4n) is 2.44. The lowest BCUT2D eigenvalue weighted by molar-refractivity contribution is 0.402. The summed E-state index contributed by atoms with van der Waals surface area (Å²) in [5.74, 6) is 0.825. The number of rotatable bonds is 7. The van der Waals surface area contributed by atoms with E-state index >= 15 is 0 Å². The number of aromatic nitrogens is 1. The third-order valence-corrected chi connectivity index (χ3v) is 3.67. The Bertz CT molecular complexity index is 551. The van der Waals surface area contributed by atoms with Crippen molar-refractivity contribution in [3.8, 4) is 5.75 Å². The lowest BCUT2D eigenvalue weighted by Gasteiger charge is -2.21. The second-order valence-corrected chi connectivity index (χ2v) is 5.10. The van der Waals surface area contributed by atoms with Crippen molar-refractivity contribution in [2.24, 2.45) is 0 Å². The van der Waals surface area contributed by atoms with Crippen LogP contribution in [-0.4, -0.2) is 18.6 Å². The van der Waals surface area contributed by atoms with Gasteiger partial charge >= 0.3 is 0 Å². The Morgan fingerprint density at radius 2 is 1.90 bits per heavy atom. The monoisotopic (exact) mass is 284 g/mol. The number of nitrogens with zero attached hydrogens (tertiary/aromatic N) is 1. The minimum Gasteiger partial charge on any atom is -0.495 e. The smallest absolute Gasteiger partial charge is 0.142 e. The molecule has 2 rings (SSSR count). The zero-order chi connectivity index (χ0) is 15.1. The van der Waals surface area contributed by atoms with Gasteiger partial charge in [-0.3, -0.25) is 4.98 Å². The van der Waals surface area contributed by atoms with E-state index in [1.54, 1.807) is 13.3 Å². The van der Waals surface area contributed by atoms with Gasteiger partial charge in [-0.25, -0.2) is 0 Å². The number of hydrogen-bond donors (Lipinski definition) is 1. The van der Waals surface area contributed by atoms with Crippen LogP contribution in [0.4, 0.5) is 0 Å². The molecule has 0 radical (unpaired) electrons. The highest BCUT2D eigenvalue weighted by Gasteiger charge is 2.17. The first-order chi connectivity index (χ1) is 10.3. The predicted octanol–water partition coefficient (Wildman–Crippen LogP) is 3.74. The largest absolute Gasteiger partial charge is 0.495 e. The standard InChI is InChI=1S/C18H24N2O/c1-4-11-20-18(15-8-6-14(5-2)7-9-15)16-10-12-19-13-17(16)21-3/h6-10,12-13,18,20H,4-5,11H2,1-3H3. The van der Waals surface area contributed by atoms with Gasteiger partial charge in [0.05, 0.1) is 19.3 Å². The van der Waals surface area contributed by atoms with E-state index < -0.39 is 0 Å². The van der Waals surface area contributed by atoms with Gasteiger partial charge in [-0.05, 0) is 36.6 Å². The Balaban J connectivity index is 2.36. The van der Waals surface area contributed by atoms with Crippen molar-refractivity contribution in [3.05, 3.63) is 59.4 Å². The van der Waals surface area contributed by atoms with Gasteiger partial charge in [0.25, 0.3) is 0 Å². The Kier molecular flexibility index (Phi) is 5.76. The molecule has 1 aromatic carbocycles. The number of benzene rings is 1. The van der Waals surface area contributed by atoms with Crippen molar-refractivity contribution in [1.82, 2.24) is 10.3 Å². The second-order valence-electron chi connectivity index (χ2n) is 5.10. The van der Waals surface area contributed by atoms with Crippen LogP contribution in [0.1, 0.15) is 43.0 Å². The summed E-state index contributed by atoms with van der Waals surface area (Å²) in [6.45, 7) is 5.31. The lowest BCUT2D eigenvalue weighted by atomic mass is 9.97. The van der Waals surface area contributed by atoms with Crippen LogP contribution in [0, 0.1) is 0 Å². The van der Waals surface area contributed by atoms with E-state index in [0.29, 0.717) is 0 Å². The molecule has 2 aromatic rings. The number of ether oxygens (including phenoxy) is 1. The molecule has 0 fully saturated rings. The average Bonchev–Trinajstić information content (AvgIpc) is 2.56. The van der Waals surface area contributed by atoms with Crippen LogP contribution in [0.3, 0.4) is 0 Å². The van der Waals surface area contributed by atoms with Crippen LogP contribution in [0.25, 0.3) is 0 Å². The SMILES string of the molecule is CCCNC(c1ccc(CC)cc1)c1ccncc1OC. The van der Waals surface area contributed by atoms with Crippen LogP contribution in [-0.2, 0) is 6.42 Å². The summed E-state index contributed by atoms with van der Waals surface area (Å²) in [4.78, 5) is 4.15. The molecule has 0 saturated carbocycles. The van der Waals surface area contributed by atoms with Crippen LogP contribution in [0.15, 0.2) is 42.7 Å². The molecule has 0 amide bonds. The molecule has 112 valence electrons. The molecule has 3 nitrogen and oxygen atoms in total. The van der Waals surface area contributed by atoms with Gasteiger partial charge in [-0.1, -0.05) is 38.1 Å². The highest BCUT2D eigenvalue weighted by molar-refractivity contribution is 5.40. The van der Waals surface area contributed by atoms with Crippen LogP contribution < -0.4 is 10.1 Å². The third-order valence-electron chi connectivity index (χ3n) is 3.67. The zero-order valence-corrected chi connectivity index (χ0v) is 13.1. The van der Waals surface area contributed by atoms with Crippen molar-refractivity contribution >= 4 is 0 Å².